The van der Waals surface area contributed by atoms with Gasteiger partial charge in [-0.3, -0.25) is 4.79 Å². The third-order valence-electron chi connectivity index (χ3n) is 4.18. The molecule has 2 rings (SSSR count). The first-order valence-corrected chi connectivity index (χ1v) is 7.69. The Kier molecular flexibility index (Phi) is 5.29. The summed E-state index contributed by atoms with van der Waals surface area (Å²) < 4.78 is 21.6. The highest BCUT2D eigenvalue weighted by Crippen LogP contribution is 2.55. The van der Waals surface area contributed by atoms with Crippen molar-refractivity contribution >= 4 is 11.9 Å². The molecule has 0 unspecified atom stereocenters. The van der Waals surface area contributed by atoms with Crippen molar-refractivity contribution in [3.05, 3.63) is 47.7 Å². The number of carbonyl (C=O) groups is 2. The first-order valence-electron chi connectivity index (χ1n) is 7.69. The Balaban J connectivity index is 2.57. The van der Waals surface area contributed by atoms with Crippen LogP contribution in [0.2, 0.25) is 0 Å². The van der Waals surface area contributed by atoms with Gasteiger partial charge in [-0.25, -0.2) is 4.79 Å². The number of carbonyl (C=O) groups excluding carboxylic acids is 2. The molecule has 0 saturated carbocycles. The lowest BCUT2D eigenvalue weighted by Gasteiger charge is -2.38. The Hall–Kier alpha value is -2.34. The Morgan fingerprint density at radius 1 is 1.25 bits per heavy atom. The van der Waals surface area contributed by atoms with Crippen LogP contribution in [-0.2, 0) is 34.3 Å². The zero-order valence-corrected chi connectivity index (χ0v) is 14.3. The molecule has 24 heavy (non-hydrogen) atoms. The van der Waals surface area contributed by atoms with E-state index in [-0.39, 0.29) is 13.0 Å². The molecule has 130 valence electrons. The molecule has 0 radical (unpaired) electrons. The van der Waals surface area contributed by atoms with Crippen LogP contribution in [0.3, 0.4) is 0 Å². The number of benzene rings is 1. The van der Waals surface area contributed by atoms with E-state index in [1.165, 1.54) is 20.3 Å². The van der Waals surface area contributed by atoms with Crippen molar-refractivity contribution in [1.29, 1.82) is 0 Å². The summed E-state index contributed by atoms with van der Waals surface area (Å²) in [6, 6.07) is 9.12. The summed E-state index contributed by atoms with van der Waals surface area (Å²) in [5.74, 6) is -2.09. The predicted octanol–water partition coefficient (Wildman–Crippen LogP) is 2.53. The predicted molar refractivity (Wildman–Crippen MR) is 85.7 cm³/mol. The summed E-state index contributed by atoms with van der Waals surface area (Å²) in [4.78, 5) is 24.3. The lowest BCUT2D eigenvalue weighted by atomic mass is 9.76. The third kappa shape index (κ3) is 2.89. The normalized spacial score (nSPS) is 27.6. The van der Waals surface area contributed by atoms with Gasteiger partial charge in [0.1, 0.15) is 11.2 Å². The Labute approximate surface area is 141 Å². The number of allylic oxidation sites excluding steroid dienone is 1. The van der Waals surface area contributed by atoms with Crippen molar-refractivity contribution < 1.29 is 28.5 Å². The lowest BCUT2D eigenvalue weighted by molar-refractivity contribution is -0.246. The molecule has 6 heteroatoms. The summed E-state index contributed by atoms with van der Waals surface area (Å²) in [5, 5.41) is 0. The van der Waals surface area contributed by atoms with Gasteiger partial charge in [-0.1, -0.05) is 30.3 Å². The van der Waals surface area contributed by atoms with Crippen LogP contribution in [0.25, 0.3) is 0 Å². The van der Waals surface area contributed by atoms with Crippen LogP contribution < -0.4 is 0 Å². The van der Waals surface area contributed by atoms with Crippen molar-refractivity contribution in [2.75, 3.05) is 20.8 Å². The number of hydrogen-bond acceptors (Lipinski definition) is 6. The lowest BCUT2D eigenvalue weighted by Crippen LogP contribution is -2.48. The monoisotopic (exact) mass is 334 g/mol. The Morgan fingerprint density at radius 3 is 2.46 bits per heavy atom. The third-order valence-corrected chi connectivity index (χ3v) is 4.18. The molecule has 0 aromatic heterocycles. The molecular formula is C18H22O6. The van der Waals surface area contributed by atoms with E-state index in [0.29, 0.717) is 11.3 Å². The second-order valence-electron chi connectivity index (χ2n) is 5.65. The van der Waals surface area contributed by atoms with Gasteiger partial charge in [0.2, 0.25) is 0 Å². The number of hydrogen-bond donors (Lipinski definition) is 0. The van der Waals surface area contributed by atoms with E-state index in [2.05, 4.69) is 4.74 Å². The summed E-state index contributed by atoms with van der Waals surface area (Å²) in [6.45, 7) is 3.68. The number of methoxy groups -OCH3 is 2. The zero-order chi connectivity index (χ0) is 17.8. The van der Waals surface area contributed by atoms with Crippen LogP contribution in [0.15, 0.2) is 42.2 Å². The minimum atomic E-state index is -1.39. The van der Waals surface area contributed by atoms with E-state index in [9.17, 15) is 9.59 Å². The average Bonchev–Trinajstić information content (AvgIpc) is 2.89. The molecule has 0 N–H and O–H groups in total. The van der Waals surface area contributed by atoms with E-state index < -0.39 is 23.1 Å². The van der Waals surface area contributed by atoms with Crippen molar-refractivity contribution in [1.82, 2.24) is 0 Å². The van der Waals surface area contributed by atoms with Crippen molar-refractivity contribution in [3.63, 3.8) is 0 Å². The molecule has 1 saturated heterocycles. The van der Waals surface area contributed by atoms with E-state index in [1.807, 2.05) is 30.3 Å². The minimum absolute atomic E-state index is 0.156. The van der Waals surface area contributed by atoms with Gasteiger partial charge >= 0.3 is 11.9 Å². The van der Waals surface area contributed by atoms with Crippen molar-refractivity contribution in [3.8, 4) is 0 Å². The first-order chi connectivity index (χ1) is 11.4. The summed E-state index contributed by atoms with van der Waals surface area (Å²) in [5.41, 5.74) is -0.491. The van der Waals surface area contributed by atoms with Crippen LogP contribution in [0.5, 0.6) is 0 Å². The van der Waals surface area contributed by atoms with Gasteiger partial charge in [0.05, 0.1) is 19.8 Å². The highest BCUT2D eigenvalue weighted by molar-refractivity contribution is 5.84. The maximum atomic E-state index is 12.7. The van der Waals surface area contributed by atoms with Crippen molar-refractivity contribution in [2.24, 2.45) is 5.41 Å². The van der Waals surface area contributed by atoms with E-state index in [4.69, 9.17) is 14.2 Å². The largest absolute Gasteiger partial charge is 0.466 e. The summed E-state index contributed by atoms with van der Waals surface area (Å²) >= 11 is 0. The number of ether oxygens (including phenoxy) is 4. The number of rotatable bonds is 5. The molecule has 1 fully saturated rings. The minimum Gasteiger partial charge on any atom is -0.466 e. The molecule has 0 spiro atoms. The molecule has 6 nitrogen and oxygen atoms in total. The zero-order valence-electron chi connectivity index (χ0n) is 14.3. The highest BCUT2D eigenvalue weighted by atomic mass is 16.7. The van der Waals surface area contributed by atoms with Gasteiger partial charge < -0.3 is 18.9 Å². The van der Waals surface area contributed by atoms with E-state index in [0.717, 1.165) is 0 Å². The first kappa shape index (κ1) is 18.0. The van der Waals surface area contributed by atoms with Gasteiger partial charge in [-0.2, -0.15) is 0 Å². The molecule has 1 aromatic carbocycles. The maximum absolute atomic E-state index is 12.7. The Morgan fingerprint density at radius 2 is 1.92 bits per heavy atom. The summed E-state index contributed by atoms with van der Waals surface area (Å²) in [6.07, 6.45) is 1.38. The standard InChI is InChI=1S/C18H22O6/c1-5-23-16(20)17(2)12-14(11-15(19)21-3)24-18(17,22-4)13-9-7-6-8-10-13/h6-11H,5,12H2,1-4H3/b14-11+/t17-,18+/m0/s1. The number of esters is 2. The molecule has 0 bridgehead atoms. The highest BCUT2D eigenvalue weighted by Gasteiger charge is 2.63. The van der Waals surface area contributed by atoms with Crippen LogP contribution in [0.1, 0.15) is 25.8 Å². The van der Waals surface area contributed by atoms with Crippen molar-refractivity contribution in [2.45, 2.75) is 26.1 Å². The fourth-order valence-electron chi connectivity index (χ4n) is 2.99. The fourth-order valence-corrected chi connectivity index (χ4v) is 2.99. The summed E-state index contributed by atoms with van der Waals surface area (Å²) in [7, 11) is 2.74. The van der Waals surface area contributed by atoms with Gasteiger partial charge in [0.25, 0.3) is 5.79 Å². The fraction of sp³-hybridized carbons (Fsp3) is 0.444. The molecule has 0 amide bonds. The quantitative estimate of drug-likeness (QED) is 0.609. The van der Waals surface area contributed by atoms with Crippen LogP contribution >= 0.6 is 0 Å². The second kappa shape index (κ2) is 7.05. The molecule has 2 atom stereocenters. The second-order valence-corrected chi connectivity index (χ2v) is 5.65. The molecule has 0 aliphatic carbocycles. The van der Waals surface area contributed by atoms with E-state index >= 15 is 0 Å². The molecule has 1 aliphatic heterocycles. The SMILES string of the molecule is CCOC(=O)[C@]1(C)C/C(=C\C(=O)OC)O[C@]1(OC)c1ccccc1. The van der Waals surface area contributed by atoms with Crippen LogP contribution in [0.4, 0.5) is 0 Å². The average molecular weight is 334 g/mol. The molecule has 1 aliphatic rings. The van der Waals surface area contributed by atoms with E-state index in [1.54, 1.807) is 13.8 Å². The smallest absolute Gasteiger partial charge is 0.333 e. The van der Waals surface area contributed by atoms with Gasteiger partial charge in [-0.15, -0.1) is 0 Å². The Bertz CT molecular complexity index is 638. The van der Waals surface area contributed by atoms with Gasteiger partial charge in [0, 0.05) is 19.1 Å². The van der Waals surface area contributed by atoms with Gasteiger partial charge in [-0.05, 0) is 13.8 Å². The molecular weight excluding hydrogens is 312 g/mol. The maximum Gasteiger partial charge on any atom is 0.333 e. The molecule has 1 aromatic rings. The van der Waals surface area contributed by atoms with Crippen LogP contribution in [-0.4, -0.2) is 32.8 Å². The molecule has 1 heterocycles. The topological polar surface area (TPSA) is 71.1 Å². The van der Waals surface area contributed by atoms with Gasteiger partial charge in [0.15, 0.2) is 0 Å². The van der Waals surface area contributed by atoms with Crippen LogP contribution in [0, 0.1) is 5.41 Å².